The first-order chi connectivity index (χ1) is 14.2. The number of phosphoric ester groups is 1. The van der Waals surface area contributed by atoms with Crippen LogP contribution in [-0.4, -0.2) is 60.1 Å². The van der Waals surface area contributed by atoms with Crippen LogP contribution in [0.2, 0.25) is 0 Å². The third kappa shape index (κ3) is 9.89. The molecule has 0 saturated carbocycles. The summed E-state index contributed by atoms with van der Waals surface area (Å²) < 4.78 is 49.8. The van der Waals surface area contributed by atoms with Crippen molar-refractivity contribution in [1.82, 2.24) is 25.0 Å². The van der Waals surface area contributed by atoms with Gasteiger partial charge in [-0.05, 0) is 0 Å². The molecule has 0 bridgehead atoms. The van der Waals surface area contributed by atoms with Crippen LogP contribution in [0.15, 0.2) is 6.33 Å². The summed E-state index contributed by atoms with van der Waals surface area (Å²) in [6.45, 7) is -1.11. The molecule has 0 spiro atoms. The Morgan fingerprint density at radius 3 is 2.17 bits per heavy atom. The van der Waals surface area contributed by atoms with Gasteiger partial charge in [0.2, 0.25) is 0 Å². The van der Waals surface area contributed by atoms with Crippen molar-refractivity contribution < 1.29 is 137 Å². The Balaban J connectivity index is 0. The third-order valence-electron chi connectivity index (χ3n) is 3.66. The Hall–Kier alpha value is 0.960. The second-order valence-electron chi connectivity index (χ2n) is 5.81. The fourth-order valence-corrected chi connectivity index (χ4v) is 5.34. The third-order valence-corrected chi connectivity index (χ3v) is 7.33. The largest absolute Gasteiger partial charge is 1.00 e. The molecule has 3 rings (SSSR count). The maximum absolute atomic E-state index is 11.6. The fraction of sp³-hybridized carbons (Fsp3) is 0.556. The minimum Gasteiger partial charge on any atom is -0.790 e. The molecule has 1 saturated heterocycles. The van der Waals surface area contributed by atoms with Gasteiger partial charge < -0.3 is 49.3 Å². The smallest absolute Gasteiger partial charge is 0.790 e. The summed E-state index contributed by atoms with van der Waals surface area (Å²) in [5.74, 6) is -0.0430. The van der Waals surface area contributed by atoms with E-state index in [4.69, 9.17) is 10.5 Å². The van der Waals surface area contributed by atoms with Crippen molar-refractivity contribution in [2.75, 3.05) is 12.3 Å². The SMILES string of the molecule is Nc1ncnc2c1nnn2C1OC(COP(=O)([O-])OP(=O)([O-])OP(=O)([O-])[O-])C(O)C1O.[Li+].[Li+].[Li+].[Li+]. The predicted molar refractivity (Wildman–Crippen MR) is 84.4 cm³/mol. The van der Waals surface area contributed by atoms with Crippen LogP contribution in [-0.2, 0) is 31.6 Å². The maximum atomic E-state index is 11.6. The zero-order chi connectivity index (χ0) is 23.2. The Morgan fingerprint density at radius 2 is 1.60 bits per heavy atom. The van der Waals surface area contributed by atoms with Crippen LogP contribution in [0.25, 0.3) is 11.2 Å². The average Bonchev–Trinajstić information content (AvgIpc) is 3.13. The number of nitrogens with two attached hydrogens (primary N) is 1. The van der Waals surface area contributed by atoms with Gasteiger partial charge >= 0.3 is 75.4 Å². The van der Waals surface area contributed by atoms with Gasteiger partial charge in [-0.1, -0.05) is 5.21 Å². The number of anilines is 1. The molecule has 0 amide bonds. The van der Waals surface area contributed by atoms with E-state index in [1.807, 2.05) is 0 Å². The number of fused-ring (bicyclic) bond motifs is 1. The number of ether oxygens (including phenoxy) is 1. The summed E-state index contributed by atoms with van der Waals surface area (Å²) in [6, 6.07) is 0. The van der Waals surface area contributed by atoms with E-state index < -0.39 is 54.6 Å². The number of aliphatic hydroxyl groups is 2. The van der Waals surface area contributed by atoms with Crippen LogP contribution >= 0.6 is 23.5 Å². The molecule has 3 heterocycles. The monoisotopic (exact) mass is 532 g/mol. The summed E-state index contributed by atoms with van der Waals surface area (Å²) in [4.78, 5) is 50.8. The minimum atomic E-state index is -6.15. The second kappa shape index (κ2) is 14.4. The molecule has 35 heavy (non-hydrogen) atoms. The molecule has 1 aliphatic heterocycles. The van der Waals surface area contributed by atoms with Gasteiger partial charge in [0.25, 0.3) is 15.6 Å². The molecule has 2 aromatic rings. The molecule has 2 aromatic heterocycles. The zero-order valence-electron chi connectivity index (χ0n) is 18.6. The van der Waals surface area contributed by atoms with Gasteiger partial charge in [-0.2, -0.15) is 4.68 Å². The van der Waals surface area contributed by atoms with E-state index in [1.165, 1.54) is 0 Å². The van der Waals surface area contributed by atoms with E-state index >= 15 is 0 Å². The molecule has 6 unspecified atom stereocenters. The molecule has 0 aromatic carbocycles. The van der Waals surface area contributed by atoms with Crippen molar-refractivity contribution in [2.24, 2.45) is 0 Å². The summed E-state index contributed by atoms with van der Waals surface area (Å²) >= 11 is 0. The van der Waals surface area contributed by atoms with Crippen molar-refractivity contribution in [3.05, 3.63) is 6.33 Å². The molecule has 26 heteroatoms. The van der Waals surface area contributed by atoms with Crippen molar-refractivity contribution in [3.63, 3.8) is 0 Å². The minimum absolute atomic E-state index is 0. The van der Waals surface area contributed by atoms with Crippen LogP contribution in [0.4, 0.5) is 5.82 Å². The van der Waals surface area contributed by atoms with Gasteiger partial charge in [0.15, 0.2) is 23.2 Å². The average molecular weight is 532 g/mol. The Morgan fingerprint density at radius 1 is 1.00 bits per heavy atom. The number of nitrogen functional groups attached to an aromatic ring is 1. The Bertz CT molecular complexity index is 1120. The predicted octanol–water partition coefficient (Wildman–Crippen LogP) is -16.7. The van der Waals surface area contributed by atoms with Crippen molar-refractivity contribution >= 4 is 40.4 Å². The quantitative estimate of drug-likeness (QED) is 0.210. The molecule has 19 nitrogen and oxygen atoms in total. The van der Waals surface area contributed by atoms with Gasteiger partial charge in [0.1, 0.15) is 24.6 Å². The molecule has 6 atom stereocenters. The van der Waals surface area contributed by atoms with E-state index in [0.29, 0.717) is 0 Å². The van der Waals surface area contributed by atoms with Crippen molar-refractivity contribution in [3.8, 4) is 0 Å². The van der Waals surface area contributed by atoms with E-state index in [-0.39, 0.29) is 92.4 Å². The molecule has 1 aliphatic rings. The van der Waals surface area contributed by atoms with Crippen LogP contribution < -0.4 is 101 Å². The van der Waals surface area contributed by atoms with E-state index in [9.17, 15) is 43.5 Å². The van der Waals surface area contributed by atoms with Crippen LogP contribution in [0, 0.1) is 0 Å². The van der Waals surface area contributed by atoms with E-state index in [2.05, 4.69) is 33.4 Å². The van der Waals surface area contributed by atoms with Crippen LogP contribution in [0.1, 0.15) is 6.23 Å². The summed E-state index contributed by atoms with van der Waals surface area (Å²) in [5, 5.41) is 27.6. The zero-order valence-corrected chi connectivity index (χ0v) is 21.3. The van der Waals surface area contributed by atoms with Gasteiger partial charge in [-0.15, -0.1) is 5.10 Å². The Labute approximate surface area is 244 Å². The molecule has 0 radical (unpaired) electrons. The summed E-state index contributed by atoms with van der Waals surface area (Å²) in [5.41, 5.74) is 5.66. The molecular weight excluding hydrogens is 521 g/mol. The number of nitrogens with zero attached hydrogens (tertiary/aromatic N) is 5. The second-order valence-corrected chi connectivity index (χ2v) is 10.1. The summed E-state index contributed by atoms with van der Waals surface area (Å²) in [7, 11) is -18.1. The van der Waals surface area contributed by atoms with Gasteiger partial charge in [-0.3, -0.25) is 13.4 Å². The normalized spacial score (nSPS) is 25.2. The number of rotatable bonds is 8. The van der Waals surface area contributed by atoms with Crippen LogP contribution in [0.3, 0.4) is 0 Å². The van der Waals surface area contributed by atoms with Crippen molar-refractivity contribution in [1.29, 1.82) is 0 Å². The number of hydrogen-bond acceptors (Lipinski definition) is 18. The first kappa shape index (κ1) is 38.1. The molecule has 174 valence electrons. The molecular formula is C9H11Li4N6O13P3. The molecule has 1 fully saturated rings. The number of phosphoric acid groups is 3. The number of hydrogen-bond donors (Lipinski definition) is 3. The first-order valence-corrected chi connectivity index (χ1v) is 12.1. The fourth-order valence-electron chi connectivity index (χ4n) is 2.47. The van der Waals surface area contributed by atoms with E-state index in [0.717, 1.165) is 11.0 Å². The number of aromatic nitrogens is 5. The van der Waals surface area contributed by atoms with E-state index in [1.54, 1.807) is 0 Å². The van der Waals surface area contributed by atoms with Gasteiger partial charge in [0.05, 0.1) is 14.4 Å². The maximum Gasteiger partial charge on any atom is 1.00 e. The number of aliphatic hydroxyl groups excluding tert-OH is 2. The van der Waals surface area contributed by atoms with Crippen molar-refractivity contribution in [2.45, 2.75) is 24.5 Å². The first-order valence-electron chi connectivity index (χ1n) is 7.73. The van der Waals surface area contributed by atoms with Gasteiger partial charge in [0, 0.05) is 0 Å². The topological polar surface area (TPSA) is 303 Å². The summed E-state index contributed by atoms with van der Waals surface area (Å²) in [6.07, 6.45) is -5.45. The Kier molecular flexibility index (Phi) is 15.7. The van der Waals surface area contributed by atoms with Gasteiger partial charge in [-0.25, -0.2) is 14.3 Å². The molecule has 0 aliphatic carbocycles. The molecule has 4 N–H and O–H groups in total. The standard InChI is InChI=1S/C9H15N6O13P3.4Li/c10-7-4-8(12-2-11-7)15(14-13-4)9-6(17)5(16)3(26-9)1-25-30(21,22)28-31(23,24)27-29(18,19)20;;;;/h2-3,5-6,9,16-17H,1H2,(H,21,22)(H,23,24)(H2,10,11,12)(H2,18,19,20);;;;/q;4*+1/p-4. The van der Waals surface area contributed by atoms with Crippen LogP contribution in [0.5, 0.6) is 0 Å².